The van der Waals surface area contributed by atoms with Crippen LogP contribution in [0.1, 0.15) is 61.4 Å². The lowest BCUT2D eigenvalue weighted by Gasteiger charge is -2.27. The summed E-state index contributed by atoms with van der Waals surface area (Å²) in [5.41, 5.74) is 2.58. The van der Waals surface area contributed by atoms with Gasteiger partial charge in [-0.05, 0) is 66.3 Å². The Hall–Kier alpha value is -4.38. The highest BCUT2D eigenvalue weighted by Gasteiger charge is 2.49. The number of rotatable bonds is 12. The average Bonchev–Trinajstić information content (AvgIpc) is 3.65. The maximum Gasteiger partial charge on any atom is 0.309 e. The maximum absolute atomic E-state index is 15.8. The van der Waals surface area contributed by atoms with E-state index in [1.54, 1.807) is 23.1 Å². The molecule has 0 radical (unpaired) electrons. The second-order valence-electron chi connectivity index (χ2n) is 11.2. The largest absolute Gasteiger partial charge is 0.494 e. The molecule has 2 heterocycles. The van der Waals surface area contributed by atoms with Crippen LogP contribution in [0.3, 0.4) is 0 Å². The Morgan fingerprint density at radius 3 is 2.40 bits per heavy atom. The Bertz CT molecular complexity index is 1560. The van der Waals surface area contributed by atoms with E-state index in [-0.39, 0.29) is 31.3 Å². The topological polar surface area (TPSA) is 107 Å². The third kappa shape index (κ3) is 6.54. The summed E-state index contributed by atoms with van der Waals surface area (Å²) in [6.07, 6.45) is 1.74. The number of ether oxygens (including phenoxy) is 4. The monoisotopic (exact) mass is 624 g/mol. The number of carbonyl (C=O) groups is 2. The zero-order valence-corrected chi connectivity index (χ0v) is 25.8. The number of amides is 1. The van der Waals surface area contributed by atoms with Crippen LogP contribution in [0.25, 0.3) is 0 Å². The van der Waals surface area contributed by atoms with Crippen molar-refractivity contribution in [2.24, 2.45) is 5.92 Å². The van der Waals surface area contributed by atoms with E-state index in [2.05, 4.69) is 5.32 Å². The number of likely N-dealkylation sites (tertiary alicyclic amines) is 1. The molecule has 5 rings (SSSR count). The number of carboxylic acid groups (broad SMARTS) is 1. The third-order valence-electron chi connectivity index (χ3n) is 8.40. The standard InChI is InChI=1S/C34H38F2N2O7/c1-5-10-43-23-8-9-24(26(36)15-23)32-30(34(40)41)25(21-13-27(42-4)33-28(14-21)44-18-45-33)16-38(32)17-29(39)37-31-19(6-2)11-22(35)12-20(31)7-3/h8-9,11-15,25,30,32H,5-7,10,16-18H2,1-4H3,(H,37,39)(H,40,41)/t25-,30?,32+/m1/s1. The molecule has 9 nitrogen and oxygen atoms in total. The van der Waals surface area contributed by atoms with Crippen molar-refractivity contribution in [2.75, 3.05) is 38.9 Å². The van der Waals surface area contributed by atoms with Crippen molar-refractivity contribution in [3.05, 3.63) is 76.4 Å². The second kappa shape index (κ2) is 13.7. The zero-order valence-electron chi connectivity index (χ0n) is 25.8. The predicted molar refractivity (Wildman–Crippen MR) is 163 cm³/mol. The number of hydrogen-bond acceptors (Lipinski definition) is 7. The first kappa shape index (κ1) is 32.0. The molecule has 1 amide bonds. The molecule has 3 aromatic rings. The molecule has 2 aliphatic rings. The van der Waals surface area contributed by atoms with Crippen molar-refractivity contribution >= 4 is 17.6 Å². The quantitative estimate of drug-likeness (QED) is 0.249. The van der Waals surface area contributed by atoms with Gasteiger partial charge in [0.2, 0.25) is 18.4 Å². The molecule has 0 saturated carbocycles. The molecular weight excluding hydrogens is 586 g/mol. The third-order valence-corrected chi connectivity index (χ3v) is 8.40. The van der Waals surface area contributed by atoms with Crippen molar-refractivity contribution in [3.63, 3.8) is 0 Å². The molecule has 11 heteroatoms. The number of benzene rings is 3. The van der Waals surface area contributed by atoms with Crippen molar-refractivity contribution in [1.29, 1.82) is 0 Å². The van der Waals surface area contributed by atoms with E-state index < -0.39 is 35.6 Å². The highest BCUT2D eigenvalue weighted by atomic mass is 19.1. The molecule has 0 aromatic heterocycles. The number of fused-ring (bicyclic) bond motifs is 1. The minimum Gasteiger partial charge on any atom is -0.494 e. The number of carboxylic acids is 1. The van der Waals surface area contributed by atoms with Crippen LogP contribution in [-0.4, -0.2) is 55.5 Å². The number of halogens is 2. The van der Waals surface area contributed by atoms with E-state index in [0.717, 1.165) is 6.42 Å². The van der Waals surface area contributed by atoms with Crippen LogP contribution >= 0.6 is 0 Å². The van der Waals surface area contributed by atoms with Crippen LogP contribution in [0, 0.1) is 17.6 Å². The summed E-state index contributed by atoms with van der Waals surface area (Å²) in [6.45, 7) is 5.98. The van der Waals surface area contributed by atoms with Crippen molar-refractivity contribution in [2.45, 2.75) is 52.0 Å². The van der Waals surface area contributed by atoms with Crippen LogP contribution in [-0.2, 0) is 22.4 Å². The van der Waals surface area contributed by atoms with Crippen molar-refractivity contribution < 1.29 is 42.4 Å². The molecule has 240 valence electrons. The van der Waals surface area contributed by atoms with Gasteiger partial charge in [0.25, 0.3) is 0 Å². The Morgan fingerprint density at radius 1 is 1.04 bits per heavy atom. The van der Waals surface area contributed by atoms with E-state index in [0.29, 0.717) is 64.8 Å². The van der Waals surface area contributed by atoms with E-state index >= 15 is 4.39 Å². The van der Waals surface area contributed by atoms with Gasteiger partial charge in [-0.25, -0.2) is 8.78 Å². The molecule has 0 spiro atoms. The van der Waals surface area contributed by atoms with E-state index in [1.807, 2.05) is 20.8 Å². The molecule has 0 bridgehead atoms. The van der Waals surface area contributed by atoms with Gasteiger partial charge in [0.15, 0.2) is 11.5 Å². The Labute approximate surface area is 261 Å². The predicted octanol–water partition coefficient (Wildman–Crippen LogP) is 6.10. The van der Waals surface area contributed by atoms with E-state index in [4.69, 9.17) is 18.9 Å². The first-order valence-corrected chi connectivity index (χ1v) is 15.2. The highest BCUT2D eigenvalue weighted by Crippen LogP contribution is 2.50. The van der Waals surface area contributed by atoms with E-state index in [1.165, 1.54) is 31.4 Å². The fourth-order valence-corrected chi connectivity index (χ4v) is 6.33. The summed E-state index contributed by atoms with van der Waals surface area (Å²) in [4.78, 5) is 28.3. The first-order valence-electron chi connectivity index (χ1n) is 15.2. The van der Waals surface area contributed by atoms with Gasteiger partial charge in [-0.1, -0.05) is 26.8 Å². The molecule has 1 saturated heterocycles. The lowest BCUT2D eigenvalue weighted by atomic mass is 9.82. The Balaban J connectivity index is 1.54. The van der Waals surface area contributed by atoms with Gasteiger partial charge in [-0.3, -0.25) is 14.5 Å². The van der Waals surface area contributed by atoms with Crippen LogP contribution in [0.4, 0.5) is 14.5 Å². The second-order valence-corrected chi connectivity index (χ2v) is 11.2. The fourth-order valence-electron chi connectivity index (χ4n) is 6.33. The number of anilines is 1. The van der Waals surface area contributed by atoms with Crippen LogP contribution in [0.15, 0.2) is 42.5 Å². The zero-order chi connectivity index (χ0) is 32.2. The first-order chi connectivity index (χ1) is 21.7. The molecule has 0 aliphatic carbocycles. The lowest BCUT2D eigenvalue weighted by molar-refractivity contribution is -0.143. The Morgan fingerprint density at radius 2 is 1.78 bits per heavy atom. The minimum absolute atomic E-state index is 0.00234. The summed E-state index contributed by atoms with van der Waals surface area (Å²) in [7, 11) is 1.48. The summed E-state index contributed by atoms with van der Waals surface area (Å²) in [5.74, 6) is -2.82. The van der Waals surface area contributed by atoms with Gasteiger partial charge >= 0.3 is 5.97 Å². The summed E-state index contributed by atoms with van der Waals surface area (Å²) in [5, 5.41) is 13.6. The molecule has 1 unspecified atom stereocenters. The molecule has 3 aromatic carbocycles. The SMILES string of the molecule is CCCOc1ccc([C@H]2C(C(=O)O)[C@@H](c3cc(OC)c4c(c3)OCO4)CN2CC(=O)Nc2c(CC)cc(F)cc2CC)c(F)c1. The lowest BCUT2D eigenvalue weighted by Crippen LogP contribution is -2.36. The fraction of sp³-hybridized carbons (Fsp3) is 0.412. The number of nitrogens with zero attached hydrogens (tertiary/aromatic N) is 1. The summed E-state index contributed by atoms with van der Waals surface area (Å²) >= 11 is 0. The summed E-state index contributed by atoms with van der Waals surface area (Å²) < 4.78 is 52.2. The molecule has 45 heavy (non-hydrogen) atoms. The number of aliphatic carboxylic acids is 1. The van der Waals surface area contributed by atoms with Crippen molar-refractivity contribution in [1.82, 2.24) is 4.90 Å². The normalized spacial score (nSPS) is 19.0. The number of carbonyl (C=O) groups excluding carboxylic acids is 1. The van der Waals surface area contributed by atoms with Gasteiger partial charge < -0.3 is 29.4 Å². The average molecular weight is 625 g/mol. The van der Waals surface area contributed by atoms with Crippen LogP contribution < -0.4 is 24.3 Å². The van der Waals surface area contributed by atoms with Crippen LogP contribution in [0.2, 0.25) is 0 Å². The Kier molecular flexibility index (Phi) is 9.77. The number of nitrogens with one attached hydrogen (secondary N) is 1. The minimum atomic E-state index is -1.14. The molecule has 3 atom stereocenters. The van der Waals surface area contributed by atoms with E-state index in [9.17, 15) is 19.1 Å². The number of methoxy groups -OCH3 is 1. The number of hydrogen-bond donors (Lipinski definition) is 2. The van der Waals surface area contributed by atoms with Crippen LogP contribution in [0.5, 0.6) is 23.0 Å². The molecule has 1 fully saturated rings. The molecular formula is C34H38F2N2O7. The number of aryl methyl sites for hydroxylation is 2. The van der Waals surface area contributed by atoms with Gasteiger partial charge in [0, 0.05) is 29.8 Å². The van der Waals surface area contributed by atoms with Gasteiger partial charge in [0.1, 0.15) is 17.4 Å². The maximum atomic E-state index is 15.8. The highest BCUT2D eigenvalue weighted by molar-refractivity contribution is 5.94. The van der Waals surface area contributed by atoms with Gasteiger partial charge in [-0.15, -0.1) is 0 Å². The smallest absolute Gasteiger partial charge is 0.309 e. The van der Waals surface area contributed by atoms with Gasteiger partial charge in [0.05, 0.1) is 32.2 Å². The van der Waals surface area contributed by atoms with Gasteiger partial charge in [-0.2, -0.15) is 0 Å². The molecule has 2 aliphatic heterocycles. The molecule has 2 N–H and O–H groups in total. The van der Waals surface area contributed by atoms with Crippen molar-refractivity contribution in [3.8, 4) is 23.0 Å². The summed E-state index contributed by atoms with van der Waals surface area (Å²) in [6, 6.07) is 9.59.